The lowest BCUT2D eigenvalue weighted by atomic mass is 10.2. The van der Waals surface area contributed by atoms with E-state index in [-0.39, 0.29) is 23.4 Å². The third kappa shape index (κ3) is 5.27. The highest BCUT2D eigenvalue weighted by Gasteiger charge is 2.24. The zero-order valence-electron chi connectivity index (χ0n) is 15.0. The fourth-order valence-electron chi connectivity index (χ4n) is 2.75. The van der Waals surface area contributed by atoms with E-state index in [0.717, 1.165) is 19.3 Å². The summed E-state index contributed by atoms with van der Waals surface area (Å²) in [5.74, 6) is -0.371. The van der Waals surface area contributed by atoms with Crippen LogP contribution in [0.25, 0.3) is 0 Å². The van der Waals surface area contributed by atoms with Gasteiger partial charge in [-0.1, -0.05) is 19.8 Å². The number of piperazine rings is 1. The lowest BCUT2D eigenvalue weighted by Crippen LogP contribution is -2.50. The Kier molecular flexibility index (Phi) is 6.91. The smallest absolute Gasteiger partial charge is 0.272 e. The molecule has 25 heavy (non-hydrogen) atoms. The summed E-state index contributed by atoms with van der Waals surface area (Å²) in [6.07, 6.45) is 4.60. The second kappa shape index (κ2) is 9.15. The van der Waals surface area contributed by atoms with Crippen LogP contribution in [0, 0.1) is 0 Å². The predicted octanol–water partition coefficient (Wildman–Crippen LogP) is 1.31. The largest absolute Gasteiger partial charge is 0.352 e. The van der Waals surface area contributed by atoms with Gasteiger partial charge in [0.15, 0.2) is 0 Å². The van der Waals surface area contributed by atoms with Crippen LogP contribution in [0.2, 0.25) is 0 Å². The number of amides is 3. The van der Waals surface area contributed by atoms with Crippen molar-refractivity contribution in [1.82, 2.24) is 20.1 Å². The van der Waals surface area contributed by atoms with Crippen LogP contribution in [0.1, 0.15) is 54.0 Å². The van der Waals surface area contributed by atoms with E-state index in [9.17, 15) is 14.4 Å². The summed E-state index contributed by atoms with van der Waals surface area (Å²) in [5, 5.41) is 2.86. The molecule has 1 aromatic rings. The van der Waals surface area contributed by atoms with Crippen molar-refractivity contribution in [3.8, 4) is 0 Å². The van der Waals surface area contributed by atoms with Crippen LogP contribution in [-0.4, -0.2) is 65.2 Å². The summed E-state index contributed by atoms with van der Waals surface area (Å²) in [6.45, 7) is 6.28. The molecule has 0 saturated carbocycles. The summed E-state index contributed by atoms with van der Waals surface area (Å²) >= 11 is 0. The van der Waals surface area contributed by atoms with Crippen molar-refractivity contribution in [3.05, 3.63) is 29.6 Å². The molecule has 1 fully saturated rings. The van der Waals surface area contributed by atoms with Gasteiger partial charge < -0.3 is 15.1 Å². The number of aromatic nitrogens is 1. The first-order valence-corrected chi connectivity index (χ1v) is 8.82. The van der Waals surface area contributed by atoms with Gasteiger partial charge in [-0.2, -0.15) is 0 Å². The summed E-state index contributed by atoms with van der Waals surface area (Å²) in [6, 6.07) is 3.15. The first-order chi connectivity index (χ1) is 12.0. The van der Waals surface area contributed by atoms with Crippen LogP contribution in [0.15, 0.2) is 18.3 Å². The average Bonchev–Trinajstić information content (AvgIpc) is 2.64. The molecule has 136 valence electrons. The Balaban J connectivity index is 1.95. The minimum Gasteiger partial charge on any atom is -0.352 e. The Labute approximate surface area is 148 Å². The summed E-state index contributed by atoms with van der Waals surface area (Å²) in [5.41, 5.74) is 0.703. The van der Waals surface area contributed by atoms with Crippen LogP contribution in [0.3, 0.4) is 0 Å². The Hall–Kier alpha value is -2.44. The van der Waals surface area contributed by atoms with Gasteiger partial charge in [-0.3, -0.25) is 19.4 Å². The van der Waals surface area contributed by atoms with E-state index in [1.54, 1.807) is 15.9 Å². The molecular formula is C18H26N4O3. The molecule has 2 heterocycles. The molecule has 0 aromatic carbocycles. The van der Waals surface area contributed by atoms with Crippen LogP contribution >= 0.6 is 0 Å². The molecule has 7 heteroatoms. The van der Waals surface area contributed by atoms with E-state index >= 15 is 0 Å². The van der Waals surface area contributed by atoms with Gasteiger partial charge in [0, 0.05) is 51.4 Å². The van der Waals surface area contributed by atoms with Gasteiger partial charge in [-0.25, -0.2) is 0 Å². The second-order valence-corrected chi connectivity index (χ2v) is 6.19. The summed E-state index contributed by atoms with van der Waals surface area (Å²) in [7, 11) is 0. The molecule has 0 radical (unpaired) electrons. The van der Waals surface area contributed by atoms with Crippen molar-refractivity contribution in [2.24, 2.45) is 0 Å². The Morgan fingerprint density at radius 1 is 1.12 bits per heavy atom. The molecule has 1 aliphatic rings. The highest BCUT2D eigenvalue weighted by molar-refractivity contribution is 5.98. The van der Waals surface area contributed by atoms with Crippen LogP contribution < -0.4 is 5.32 Å². The van der Waals surface area contributed by atoms with Crippen molar-refractivity contribution in [3.63, 3.8) is 0 Å². The lowest BCUT2D eigenvalue weighted by molar-refractivity contribution is -0.130. The number of hydrogen-bond acceptors (Lipinski definition) is 4. The molecule has 0 unspecified atom stereocenters. The third-order valence-electron chi connectivity index (χ3n) is 4.32. The van der Waals surface area contributed by atoms with Gasteiger partial charge in [0.2, 0.25) is 5.91 Å². The maximum atomic E-state index is 12.6. The summed E-state index contributed by atoms with van der Waals surface area (Å²) < 4.78 is 0. The molecule has 1 aromatic heterocycles. The zero-order chi connectivity index (χ0) is 18.2. The van der Waals surface area contributed by atoms with Crippen molar-refractivity contribution in [2.75, 3.05) is 32.7 Å². The van der Waals surface area contributed by atoms with Crippen LogP contribution in [0.5, 0.6) is 0 Å². The van der Waals surface area contributed by atoms with Gasteiger partial charge in [0.1, 0.15) is 5.69 Å². The number of carbonyl (C=O) groups excluding carboxylic acids is 3. The molecule has 1 N–H and O–H groups in total. The lowest BCUT2D eigenvalue weighted by Gasteiger charge is -2.34. The van der Waals surface area contributed by atoms with E-state index in [0.29, 0.717) is 38.3 Å². The van der Waals surface area contributed by atoms with Crippen molar-refractivity contribution < 1.29 is 14.4 Å². The number of rotatable bonds is 6. The molecule has 0 bridgehead atoms. The molecule has 0 spiro atoms. The molecule has 7 nitrogen and oxygen atoms in total. The number of carbonyl (C=O) groups is 3. The standard InChI is InChI=1S/C18H26N4O3/c1-3-4-5-7-20-17(24)15-6-8-19-16(13-15)18(25)22-11-9-21(10-12-22)14(2)23/h6,8,13H,3-5,7,9-12H2,1-2H3,(H,20,24). The Bertz CT molecular complexity index is 625. The SMILES string of the molecule is CCCCCNC(=O)c1ccnc(C(=O)N2CCN(C(C)=O)CC2)c1. The van der Waals surface area contributed by atoms with Gasteiger partial charge in [0.05, 0.1) is 0 Å². The fraction of sp³-hybridized carbons (Fsp3) is 0.556. The maximum absolute atomic E-state index is 12.6. The average molecular weight is 346 g/mol. The van der Waals surface area contributed by atoms with E-state index in [1.165, 1.54) is 19.2 Å². The number of hydrogen-bond donors (Lipinski definition) is 1. The minimum atomic E-state index is -0.205. The zero-order valence-corrected chi connectivity index (χ0v) is 15.0. The molecular weight excluding hydrogens is 320 g/mol. The highest BCUT2D eigenvalue weighted by atomic mass is 16.2. The Morgan fingerprint density at radius 2 is 1.80 bits per heavy atom. The fourth-order valence-corrected chi connectivity index (χ4v) is 2.75. The molecule has 0 aliphatic carbocycles. The number of nitrogens with one attached hydrogen (secondary N) is 1. The maximum Gasteiger partial charge on any atom is 0.272 e. The number of nitrogens with zero attached hydrogens (tertiary/aromatic N) is 3. The molecule has 3 amide bonds. The van der Waals surface area contributed by atoms with Gasteiger partial charge in [0.25, 0.3) is 11.8 Å². The second-order valence-electron chi connectivity index (χ2n) is 6.19. The van der Waals surface area contributed by atoms with Gasteiger partial charge in [-0.15, -0.1) is 0 Å². The first-order valence-electron chi connectivity index (χ1n) is 8.82. The third-order valence-corrected chi connectivity index (χ3v) is 4.32. The molecule has 1 aliphatic heterocycles. The first kappa shape index (κ1) is 18.9. The quantitative estimate of drug-likeness (QED) is 0.787. The van der Waals surface area contributed by atoms with Gasteiger partial charge in [-0.05, 0) is 18.6 Å². The molecule has 2 rings (SSSR count). The van der Waals surface area contributed by atoms with Crippen LogP contribution in [0.4, 0.5) is 0 Å². The van der Waals surface area contributed by atoms with Crippen molar-refractivity contribution in [2.45, 2.75) is 33.1 Å². The van der Waals surface area contributed by atoms with E-state index in [1.807, 2.05) is 0 Å². The minimum absolute atomic E-state index is 0.0203. The van der Waals surface area contributed by atoms with E-state index in [2.05, 4.69) is 17.2 Å². The summed E-state index contributed by atoms with van der Waals surface area (Å²) in [4.78, 5) is 43.6. The monoisotopic (exact) mass is 346 g/mol. The van der Waals surface area contributed by atoms with Crippen LogP contribution in [-0.2, 0) is 4.79 Å². The topological polar surface area (TPSA) is 82.6 Å². The normalized spacial score (nSPS) is 14.3. The molecule has 0 atom stereocenters. The van der Waals surface area contributed by atoms with E-state index in [4.69, 9.17) is 0 Å². The van der Waals surface area contributed by atoms with Crippen molar-refractivity contribution in [1.29, 1.82) is 0 Å². The number of unbranched alkanes of at least 4 members (excludes halogenated alkanes) is 2. The van der Waals surface area contributed by atoms with E-state index < -0.39 is 0 Å². The Morgan fingerprint density at radius 3 is 2.44 bits per heavy atom. The van der Waals surface area contributed by atoms with Crippen molar-refractivity contribution >= 4 is 17.7 Å². The predicted molar refractivity (Wildman–Crippen MR) is 94.3 cm³/mol. The number of pyridine rings is 1. The molecule has 1 saturated heterocycles. The highest BCUT2D eigenvalue weighted by Crippen LogP contribution is 2.09. The van der Waals surface area contributed by atoms with Gasteiger partial charge >= 0.3 is 0 Å².